The third-order valence-electron chi connectivity index (χ3n) is 4.27. The first-order valence-electron chi connectivity index (χ1n) is 9.13. The highest BCUT2D eigenvalue weighted by Gasteiger charge is 2.12. The summed E-state index contributed by atoms with van der Waals surface area (Å²) in [6.45, 7) is 4.40. The van der Waals surface area contributed by atoms with Crippen LogP contribution in [0.2, 0.25) is 5.02 Å². The molecule has 3 heterocycles. The summed E-state index contributed by atoms with van der Waals surface area (Å²) in [6, 6.07) is 10.9. The molecule has 0 aliphatic heterocycles. The first kappa shape index (κ1) is 20.5. The van der Waals surface area contributed by atoms with Crippen molar-refractivity contribution in [2.75, 3.05) is 5.32 Å². The number of carbonyl (C=O) groups excluding carboxylic acids is 1. The highest BCUT2D eigenvalue weighted by atomic mass is 35.5. The molecule has 0 aliphatic rings. The molecule has 4 rings (SSSR count). The molecular formula is C21H18ClN5OS2. The normalized spacial score (nSPS) is 10.8. The molecule has 9 heteroatoms. The van der Waals surface area contributed by atoms with Crippen LogP contribution in [0.3, 0.4) is 0 Å². The van der Waals surface area contributed by atoms with Crippen molar-refractivity contribution in [3.63, 3.8) is 0 Å². The number of halogens is 1. The van der Waals surface area contributed by atoms with Crippen molar-refractivity contribution in [3.05, 3.63) is 74.8 Å². The van der Waals surface area contributed by atoms with Crippen LogP contribution in [-0.2, 0) is 6.54 Å². The van der Waals surface area contributed by atoms with Crippen LogP contribution in [0.1, 0.15) is 26.6 Å². The van der Waals surface area contributed by atoms with Crippen molar-refractivity contribution in [3.8, 4) is 10.6 Å². The van der Waals surface area contributed by atoms with Crippen molar-refractivity contribution in [2.45, 2.75) is 20.4 Å². The minimum Gasteiger partial charge on any atom is -0.348 e. The van der Waals surface area contributed by atoms with E-state index in [1.165, 1.54) is 11.3 Å². The van der Waals surface area contributed by atoms with Gasteiger partial charge in [-0.3, -0.25) is 4.79 Å². The molecule has 0 bridgehead atoms. The average Bonchev–Trinajstić information content (AvgIpc) is 3.33. The third-order valence-corrected chi connectivity index (χ3v) is 6.37. The standard InChI is InChI=1S/C21H18ClN5OS2/c1-12-19(30-13(2)25-12)17-11-29-21(26-17)27-18-8-5-15(10-23-18)20(28)24-9-14-3-6-16(22)7-4-14/h3-8,10-11H,9H2,1-2H3,(H,24,28)(H,23,26,27). The van der Waals surface area contributed by atoms with Crippen molar-refractivity contribution in [1.82, 2.24) is 20.3 Å². The van der Waals surface area contributed by atoms with E-state index >= 15 is 0 Å². The van der Waals surface area contributed by atoms with E-state index in [0.717, 1.165) is 32.0 Å². The fourth-order valence-corrected chi connectivity index (χ4v) is 4.59. The van der Waals surface area contributed by atoms with E-state index in [4.69, 9.17) is 11.6 Å². The Morgan fingerprint density at radius 2 is 1.90 bits per heavy atom. The lowest BCUT2D eigenvalue weighted by Gasteiger charge is -2.06. The van der Waals surface area contributed by atoms with Crippen molar-refractivity contribution >= 4 is 51.1 Å². The summed E-state index contributed by atoms with van der Waals surface area (Å²) in [6.07, 6.45) is 1.55. The lowest BCUT2D eigenvalue weighted by atomic mass is 10.2. The Balaban J connectivity index is 1.37. The van der Waals surface area contributed by atoms with Crippen molar-refractivity contribution in [2.24, 2.45) is 0 Å². The fourth-order valence-electron chi connectivity index (χ4n) is 2.80. The zero-order chi connectivity index (χ0) is 21.1. The number of hydrogen-bond acceptors (Lipinski definition) is 7. The van der Waals surface area contributed by atoms with E-state index in [1.54, 1.807) is 41.8 Å². The molecule has 152 valence electrons. The number of carbonyl (C=O) groups is 1. The maximum absolute atomic E-state index is 12.3. The van der Waals surface area contributed by atoms with E-state index in [2.05, 4.69) is 25.6 Å². The Hall–Kier alpha value is -2.81. The van der Waals surface area contributed by atoms with Crippen LogP contribution in [-0.4, -0.2) is 20.9 Å². The predicted octanol–water partition coefficient (Wildman–Crippen LogP) is 5.61. The van der Waals surface area contributed by atoms with Crippen LogP contribution in [0.4, 0.5) is 10.9 Å². The first-order valence-corrected chi connectivity index (χ1v) is 11.2. The van der Waals surface area contributed by atoms with Gasteiger partial charge in [-0.05, 0) is 43.7 Å². The number of aromatic nitrogens is 3. The number of nitrogens with zero attached hydrogens (tertiary/aromatic N) is 3. The Morgan fingerprint density at radius 3 is 2.57 bits per heavy atom. The molecule has 0 saturated heterocycles. The molecule has 0 fully saturated rings. The largest absolute Gasteiger partial charge is 0.348 e. The van der Waals surface area contributed by atoms with Gasteiger partial charge in [0.05, 0.1) is 26.8 Å². The van der Waals surface area contributed by atoms with Crippen LogP contribution in [0.25, 0.3) is 10.6 Å². The van der Waals surface area contributed by atoms with Crippen LogP contribution >= 0.6 is 34.3 Å². The molecule has 6 nitrogen and oxygen atoms in total. The van der Waals surface area contributed by atoms with Gasteiger partial charge in [0.15, 0.2) is 5.13 Å². The monoisotopic (exact) mass is 455 g/mol. The van der Waals surface area contributed by atoms with Crippen molar-refractivity contribution in [1.29, 1.82) is 0 Å². The van der Waals surface area contributed by atoms with Gasteiger partial charge in [0.25, 0.3) is 5.91 Å². The summed E-state index contributed by atoms with van der Waals surface area (Å²) in [5.41, 5.74) is 3.36. The smallest absolute Gasteiger partial charge is 0.253 e. The minimum absolute atomic E-state index is 0.184. The Labute approximate surface area is 187 Å². The van der Waals surface area contributed by atoms with Gasteiger partial charge in [0, 0.05) is 23.1 Å². The second-order valence-electron chi connectivity index (χ2n) is 6.55. The van der Waals surface area contributed by atoms with Gasteiger partial charge >= 0.3 is 0 Å². The highest BCUT2D eigenvalue weighted by Crippen LogP contribution is 2.32. The molecule has 30 heavy (non-hydrogen) atoms. The van der Waals surface area contributed by atoms with E-state index < -0.39 is 0 Å². The van der Waals surface area contributed by atoms with Crippen molar-refractivity contribution < 1.29 is 4.79 Å². The van der Waals surface area contributed by atoms with E-state index in [9.17, 15) is 4.79 Å². The van der Waals surface area contributed by atoms with Gasteiger partial charge in [0.1, 0.15) is 5.82 Å². The lowest BCUT2D eigenvalue weighted by Crippen LogP contribution is -2.22. The van der Waals surface area contributed by atoms with E-state index in [-0.39, 0.29) is 5.91 Å². The number of nitrogens with one attached hydrogen (secondary N) is 2. The van der Waals surface area contributed by atoms with Gasteiger partial charge in [-0.2, -0.15) is 0 Å². The predicted molar refractivity (Wildman–Crippen MR) is 123 cm³/mol. The summed E-state index contributed by atoms with van der Waals surface area (Å²) in [4.78, 5) is 26.8. The molecule has 2 N–H and O–H groups in total. The topological polar surface area (TPSA) is 79.8 Å². The molecule has 1 amide bonds. The van der Waals surface area contributed by atoms with Gasteiger partial charge in [-0.25, -0.2) is 15.0 Å². The van der Waals surface area contributed by atoms with Gasteiger partial charge in [-0.15, -0.1) is 22.7 Å². The molecule has 3 aromatic heterocycles. The molecule has 4 aromatic rings. The minimum atomic E-state index is -0.184. The van der Waals surface area contributed by atoms with Crippen LogP contribution in [0.15, 0.2) is 48.0 Å². The number of hydrogen-bond donors (Lipinski definition) is 2. The molecule has 1 aromatic carbocycles. The first-order chi connectivity index (χ1) is 14.5. The molecule has 0 spiro atoms. The molecule has 0 atom stereocenters. The fraction of sp³-hybridized carbons (Fsp3) is 0.143. The molecular weight excluding hydrogens is 438 g/mol. The summed E-state index contributed by atoms with van der Waals surface area (Å²) in [5, 5.41) is 10.5. The van der Waals surface area contributed by atoms with Gasteiger partial charge in [-0.1, -0.05) is 23.7 Å². The third kappa shape index (κ3) is 4.84. The number of benzene rings is 1. The zero-order valence-corrected chi connectivity index (χ0v) is 18.7. The van der Waals surface area contributed by atoms with Crippen LogP contribution in [0, 0.1) is 13.8 Å². The van der Waals surface area contributed by atoms with Crippen LogP contribution < -0.4 is 10.6 Å². The Morgan fingerprint density at radius 1 is 1.10 bits per heavy atom. The molecule has 0 saturated carbocycles. The summed E-state index contributed by atoms with van der Waals surface area (Å²) < 4.78 is 0. The maximum Gasteiger partial charge on any atom is 0.253 e. The quantitative estimate of drug-likeness (QED) is 0.395. The SMILES string of the molecule is Cc1nc(C)c(-c2csc(Nc3ccc(C(=O)NCc4ccc(Cl)cc4)cn3)n2)s1. The summed E-state index contributed by atoms with van der Waals surface area (Å²) >= 11 is 9.01. The second-order valence-corrected chi connectivity index (χ2v) is 9.05. The van der Waals surface area contributed by atoms with Gasteiger partial charge < -0.3 is 10.6 Å². The molecule has 0 unspecified atom stereocenters. The number of thiazole rings is 2. The summed E-state index contributed by atoms with van der Waals surface area (Å²) in [7, 11) is 0. The van der Waals surface area contributed by atoms with Gasteiger partial charge in [0.2, 0.25) is 0 Å². The Bertz CT molecular complexity index is 1170. The van der Waals surface area contributed by atoms with E-state index in [0.29, 0.717) is 22.9 Å². The lowest BCUT2D eigenvalue weighted by molar-refractivity contribution is 0.0950. The Kier molecular flexibility index (Phi) is 6.08. The highest BCUT2D eigenvalue weighted by molar-refractivity contribution is 7.16. The van der Waals surface area contributed by atoms with Crippen LogP contribution in [0.5, 0.6) is 0 Å². The number of amides is 1. The average molecular weight is 456 g/mol. The molecule has 0 radical (unpaired) electrons. The number of rotatable bonds is 6. The maximum atomic E-state index is 12.3. The zero-order valence-electron chi connectivity index (χ0n) is 16.3. The number of pyridine rings is 1. The molecule has 0 aliphatic carbocycles. The number of aryl methyl sites for hydroxylation is 2. The van der Waals surface area contributed by atoms with E-state index in [1.807, 2.05) is 31.4 Å². The summed E-state index contributed by atoms with van der Waals surface area (Å²) in [5.74, 6) is 0.443. The second kappa shape index (κ2) is 8.91. The number of anilines is 2.